The van der Waals surface area contributed by atoms with Gasteiger partial charge in [0, 0.05) is 19.3 Å². The minimum Gasteiger partial charge on any atom is -0.336 e. The molecule has 0 saturated heterocycles. The van der Waals surface area contributed by atoms with Gasteiger partial charge in [0.1, 0.15) is 11.4 Å². The van der Waals surface area contributed by atoms with Crippen LogP contribution in [-0.2, 0) is 6.54 Å². The lowest BCUT2D eigenvalue weighted by atomic mass is 10.1. The molecule has 2 aromatic carbocycles. The molecule has 0 unspecified atom stereocenters. The molecule has 1 heterocycles. The first-order chi connectivity index (χ1) is 13.4. The maximum Gasteiger partial charge on any atom is 0.274 e. The molecule has 142 valence electrons. The minimum atomic E-state index is -0.340. The zero-order chi connectivity index (χ0) is 20.1. The van der Waals surface area contributed by atoms with Gasteiger partial charge in [0.05, 0.1) is 0 Å². The third-order valence-electron chi connectivity index (χ3n) is 4.44. The highest BCUT2D eigenvalue weighted by atomic mass is 16.2. The third kappa shape index (κ3) is 4.62. The van der Waals surface area contributed by atoms with E-state index in [0.29, 0.717) is 6.54 Å². The van der Waals surface area contributed by atoms with E-state index in [0.717, 1.165) is 22.4 Å². The normalized spacial score (nSPS) is 10.4. The molecular formula is C23H23N3O2. The molecule has 1 aromatic heterocycles. The number of nitrogens with one attached hydrogen (secondary N) is 1. The Morgan fingerprint density at radius 1 is 0.929 bits per heavy atom. The highest BCUT2D eigenvalue weighted by molar-refractivity contribution is 6.04. The van der Waals surface area contributed by atoms with Crippen molar-refractivity contribution in [2.24, 2.45) is 0 Å². The van der Waals surface area contributed by atoms with Gasteiger partial charge in [-0.25, -0.2) is 4.98 Å². The van der Waals surface area contributed by atoms with Crippen molar-refractivity contribution < 1.29 is 9.59 Å². The number of pyridine rings is 1. The third-order valence-corrected chi connectivity index (χ3v) is 4.44. The molecule has 1 N–H and O–H groups in total. The second-order valence-corrected chi connectivity index (χ2v) is 6.83. The standard InChI is InChI=1S/C23H23N3O2/c1-16-12-13-19(17(2)14-16)25-22(27)20-10-7-11-21(24-20)23(28)26(3)15-18-8-5-4-6-9-18/h4-14H,15H2,1-3H3,(H,25,27). The van der Waals surface area contributed by atoms with Gasteiger partial charge in [-0.3, -0.25) is 9.59 Å². The summed E-state index contributed by atoms with van der Waals surface area (Å²) in [6.45, 7) is 4.41. The van der Waals surface area contributed by atoms with Crippen LogP contribution in [0.2, 0.25) is 0 Å². The van der Waals surface area contributed by atoms with Gasteiger partial charge in [0.25, 0.3) is 11.8 Å². The monoisotopic (exact) mass is 373 g/mol. The Morgan fingerprint density at radius 3 is 2.36 bits per heavy atom. The zero-order valence-corrected chi connectivity index (χ0v) is 16.3. The summed E-state index contributed by atoms with van der Waals surface area (Å²) in [5.74, 6) is -0.572. The number of aryl methyl sites for hydroxylation is 2. The van der Waals surface area contributed by atoms with E-state index in [1.165, 1.54) is 0 Å². The summed E-state index contributed by atoms with van der Waals surface area (Å²) in [5.41, 5.74) is 4.31. The molecule has 0 saturated carbocycles. The average molecular weight is 373 g/mol. The fourth-order valence-electron chi connectivity index (χ4n) is 2.95. The maximum atomic E-state index is 12.7. The summed E-state index contributed by atoms with van der Waals surface area (Å²) in [5, 5.41) is 2.86. The highest BCUT2D eigenvalue weighted by Gasteiger charge is 2.16. The number of hydrogen-bond donors (Lipinski definition) is 1. The van der Waals surface area contributed by atoms with Crippen LogP contribution >= 0.6 is 0 Å². The van der Waals surface area contributed by atoms with Crippen molar-refractivity contribution in [2.75, 3.05) is 12.4 Å². The number of benzene rings is 2. The van der Waals surface area contributed by atoms with E-state index in [9.17, 15) is 9.59 Å². The Morgan fingerprint density at radius 2 is 1.64 bits per heavy atom. The molecule has 0 fully saturated rings. The first-order valence-corrected chi connectivity index (χ1v) is 9.09. The van der Waals surface area contributed by atoms with Crippen LogP contribution in [0.15, 0.2) is 66.7 Å². The van der Waals surface area contributed by atoms with E-state index in [-0.39, 0.29) is 23.2 Å². The molecule has 28 heavy (non-hydrogen) atoms. The first kappa shape index (κ1) is 19.3. The summed E-state index contributed by atoms with van der Waals surface area (Å²) in [4.78, 5) is 31.2. The van der Waals surface area contributed by atoms with Crippen LogP contribution < -0.4 is 5.32 Å². The van der Waals surface area contributed by atoms with Crippen molar-refractivity contribution in [3.63, 3.8) is 0 Å². The number of amides is 2. The molecule has 0 aliphatic carbocycles. The molecule has 5 nitrogen and oxygen atoms in total. The van der Waals surface area contributed by atoms with Crippen LogP contribution in [0.4, 0.5) is 5.69 Å². The molecule has 0 spiro atoms. The van der Waals surface area contributed by atoms with E-state index in [1.54, 1.807) is 30.1 Å². The molecule has 0 aliphatic heterocycles. The Balaban J connectivity index is 1.73. The van der Waals surface area contributed by atoms with E-state index in [1.807, 2.05) is 62.4 Å². The van der Waals surface area contributed by atoms with Gasteiger partial charge in [-0.05, 0) is 43.2 Å². The molecule has 0 radical (unpaired) electrons. The van der Waals surface area contributed by atoms with E-state index in [4.69, 9.17) is 0 Å². The molecule has 2 amide bonds. The van der Waals surface area contributed by atoms with Crippen LogP contribution in [-0.4, -0.2) is 28.7 Å². The van der Waals surface area contributed by atoms with Gasteiger partial charge in [0.2, 0.25) is 0 Å². The van der Waals surface area contributed by atoms with Gasteiger partial charge < -0.3 is 10.2 Å². The summed E-state index contributed by atoms with van der Waals surface area (Å²) >= 11 is 0. The molecular weight excluding hydrogens is 350 g/mol. The van der Waals surface area contributed by atoms with Crippen molar-refractivity contribution >= 4 is 17.5 Å². The molecule has 3 aromatic rings. The number of carbonyl (C=O) groups excluding carboxylic acids is 2. The highest BCUT2D eigenvalue weighted by Crippen LogP contribution is 2.17. The van der Waals surface area contributed by atoms with Gasteiger partial charge in [-0.1, -0.05) is 54.1 Å². The molecule has 3 rings (SSSR count). The Hall–Kier alpha value is -3.47. The number of anilines is 1. The quantitative estimate of drug-likeness (QED) is 0.728. The molecule has 0 atom stereocenters. The van der Waals surface area contributed by atoms with E-state index >= 15 is 0 Å². The molecule has 0 bridgehead atoms. The van der Waals surface area contributed by atoms with Crippen LogP contribution in [0, 0.1) is 13.8 Å². The topological polar surface area (TPSA) is 62.3 Å². The second kappa shape index (κ2) is 8.48. The van der Waals surface area contributed by atoms with Crippen LogP contribution in [0.1, 0.15) is 37.7 Å². The zero-order valence-electron chi connectivity index (χ0n) is 16.3. The van der Waals surface area contributed by atoms with Crippen molar-refractivity contribution in [1.82, 2.24) is 9.88 Å². The number of nitrogens with zero attached hydrogens (tertiary/aromatic N) is 2. The lowest BCUT2D eigenvalue weighted by Gasteiger charge is -2.17. The summed E-state index contributed by atoms with van der Waals surface area (Å²) in [6, 6.07) is 20.4. The minimum absolute atomic E-state index is 0.207. The van der Waals surface area contributed by atoms with Crippen molar-refractivity contribution in [1.29, 1.82) is 0 Å². The molecule has 0 aliphatic rings. The average Bonchev–Trinajstić information content (AvgIpc) is 2.70. The number of aromatic nitrogens is 1. The van der Waals surface area contributed by atoms with Gasteiger partial charge in [0.15, 0.2) is 0 Å². The van der Waals surface area contributed by atoms with E-state index < -0.39 is 0 Å². The van der Waals surface area contributed by atoms with Crippen molar-refractivity contribution in [2.45, 2.75) is 20.4 Å². The van der Waals surface area contributed by atoms with Crippen LogP contribution in [0.25, 0.3) is 0 Å². The lowest BCUT2D eigenvalue weighted by molar-refractivity contribution is 0.0779. The van der Waals surface area contributed by atoms with Gasteiger partial charge >= 0.3 is 0 Å². The predicted molar refractivity (Wildman–Crippen MR) is 110 cm³/mol. The van der Waals surface area contributed by atoms with Crippen molar-refractivity contribution in [3.05, 3.63) is 94.8 Å². The first-order valence-electron chi connectivity index (χ1n) is 9.09. The predicted octanol–water partition coefficient (Wildman–Crippen LogP) is 4.22. The van der Waals surface area contributed by atoms with Crippen LogP contribution in [0.3, 0.4) is 0 Å². The Kier molecular flexibility index (Phi) is 5.84. The van der Waals surface area contributed by atoms with E-state index in [2.05, 4.69) is 10.3 Å². The number of carbonyl (C=O) groups is 2. The fraction of sp³-hybridized carbons (Fsp3) is 0.174. The summed E-state index contributed by atoms with van der Waals surface area (Å²) < 4.78 is 0. The summed E-state index contributed by atoms with van der Waals surface area (Å²) in [6.07, 6.45) is 0. The number of hydrogen-bond acceptors (Lipinski definition) is 3. The van der Waals surface area contributed by atoms with Crippen molar-refractivity contribution in [3.8, 4) is 0 Å². The van der Waals surface area contributed by atoms with Gasteiger partial charge in [-0.2, -0.15) is 0 Å². The fourth-order valence-corrected chi connectivity index (χ4v) is 2.95. The smallest absolute Gasteiger partial charge is 0.274 e. The van der Waals surface area contributed by atoms with Crippen LogP contribution in [0.5, 0.6) is 0 Å². The lowest BCUT2D eigenvalue weighted by Crippen LogP contribution is -2.27. The second-order valence-electron chi connectivity index (χ2n) is 6.83. The van der Waals surface area contributed by atoms with Gasteiger partial charge in [-0.15, -0.1) is 0 Å². The Labute approximate surface area is 165 Å². The summed E-state index contributed by atoms with van der Waals surface area (Å²) in [7, 11) is 1.72. The maximum absolute atomic E-state index is 12.7. The largest absolute Gasteiger partial charge is 0.336 e. The Bertz CT molecular complexity index is 1000. The molecule has 5 heteroatoms. The SMILES string of the molecule is Cc1ccc(NC(=O)c2cccc(C(=O)N(C)Cc3ccccc3)n2)c(C)c1. The number of rotatable bonds is 5.